The van der Waals surface area contributed by atoms with Crippen LogP contribution in [0.2, 0.25) is 5.02 Å². The number of carbonyl (C=O) groups is 2. The predicted octanol–water partition coefficient (Wildman–Crippen LogP) is 2.31. The van der Waals surface area contributed by atoms with E-state index >= 15 is 0 Å². The summed E-state index contributed by atoms with van der Waals surface area (Å²) in [5, 5.41) is 8.89. The van der Waals surface area contributed by atoms with E-state index in [1.165, 1.54) is 6.07 Å². The minimum absolute atomic E-state index is 0.336. The van der Waals surface area contributed by atoms with Gasteiger partial charge in [0.15, 0.2) is 5.78 Å². The van der Waals surface area contributed by atoms with E-state index in [0.29, 0.717) is 10.6 Å². The van der Waals surface area contributed by atoms with Gasteiger partial charge in [0.25, 0.3) is 0 Å². The molecule has 0 aliphatic rings. The zero-order chi connectivity index (χ0) is 10.7. The molecule has 3 nitrogen and oxygen atoms in total. The molecular formula is C10H9ClO3. The fraction of sp³-hybridized carbons (Fsp3) is 0.200. The highest BCUT2D eigenvalue weighted by atomic mass is 35.5. The van der Waals surface area contributed by atoms with Crippen molar-refractivity contribution in [3.05, 3.63) is 34.3 Å². The lowest BCUT2D eigenvalue weighted by Gasteiger charge is -2.01. The molecule has 14 heavy (non-hydrogen) atoms. The SMILES string of the molecule is Cc1ccc(C(=O)CC(=O)O)cc1Cl. The van der Waals surface area contributed by atoms with Crippen molar-refractivity contribution < 1.29 is 14.7 Å². The van der Waals surface area contributed by atoms with Gasteiger partial charge >= 0.3 is 5.97 Å². The zero-order valence-electron chi connectivity index (χ0n) is 7.58. The van der Waals surface area contributed by atoms with Gasteiger partial charge in [-0.3, -0.25) is 9.59 Å². The fourth-order valence-corrected chi connectivity index (χ4v) is 1.19. The third kappa shape index (κ3) is 2.57. The van der Waals surface area contributed by atoms with Crippen LogP contribution in [0.4, 0.5) is 0 Å². The van der Waals surface area contributed by atoms with Crippen molar-refractivity contribution in [1.29, 1.82) is 0 Å². The van der Waals surface area contributed by atoms with Crippen LogP contribution in [0.5, 0.6) is 0 Å². The highest BCUT2D eigenvalue weighted by Crippen LogP contribution is 2.17. The maximum Gasteiger partial charge on any atom is 0.311 e. The molecule has 0 fully saturated rings. The molecule has 1 rings (SSSR count). The Balaban J connectivity index is 2.91. The van der Waals surface area contributed by atoms with Crippen LogP contribution >= 0.6 is 11.6 Å². The number of hydrogen-bond acceptors (Lipinski definition) is 2. The second-order valence-corrected chi connectivity index (χ2v) is 3.36. The average molecular weight is 213 g/mol. The first-order valence-electron chi connectivity index (χ1n) is 4.02. The second kappa shape index (κ2) is 4.24. The van der Waals surface area contributed by atoms with E-state index in [0.717, 1.165) is 5.56 Å². The van der Waals surface area contributed by atoms with Crippen molar-refractivity contribution >= 4 is 23.4 Å². The number of carboxylic acid groups (broad SMARTS) is 1. The molecule has 0 saturated heterocycles. The molecule has 0 bridgehead atoms. The summed E-state index contributed by atoms with van der Waals surface area (Å²) in [5.41, 5.74) is 1.20. The zero-order valence-corrected chi connectivity index (χ0v) is 8.34. The van der Waals surface area contributed by atoms with Gasteiger partial charge in [-0.05, 0) is 18.6 Å². The number of benzene rings is 1. The first-order valence-corrected chi connectivity index (χ1v) is 4.39. The summed E-state index contributed by atoms with van der Waals surface area (Å²) >= 11 is 5.79. The normalized spacial score (nSPS) is 9.86. The number of hydrogen-bond donors (Lipinski definition) is 1. The summed E-state index contributed by atoms with van der Waals surface area (Å²) in [6, 6.07) is 4.76. The van der Waals surface area contributed by atoms with Gasteiger partial charge in [0, 0.05) is 10.6 Å². The predicted molar refractivity (Wildman–Crippen MR) is 52.8 cm³/mol. The van der Waals surface area contributed by atoms with Gasteiger partial charge in [-0.15, -0.1) is 0 Å². The minimum Gasteiger partial charge on any atom is -0.481 e. The van der Waals surface area contributed by atoms with E-state index in [2.05, 4.69) is 0 Å². The van der Waals surface area contributed by atoms with Crippen LogP contribution in [-0.2, 0) is 4.79 Å². The molecule has 1 aromatic rings. The Kier molecular flexibility index (Phi) is 3.25. The van der Waals surface area contributed by atoms with Crippen LogP contribution in [0.25, 0.3) is 0 Å². The van der Waals surface area contributed by atoms with Crippen molar-refractivity contribution in [2.24, 2.45) is 0 Å². The summed E-state index contributed by atoms with van der Waals surface area (Å²) in [5.74, 6) is -1.56. The average Bonchev–Trinajstić information content (AvgIpc) is 2.08. The number of carboxylic acids is 1. The van der Waals surface area contributed by atoms with Crippen molar-refractivity contribution in [1.82, 2.24) is 0 Å². The Labute approximate surface area is 86.3 Å². The summed E-state index contributed by atoms with van der Waals surface area (Å²) in [7, 11) is 0. The number of aryl methyl sites for hydroxylation is 1. The third-order valence-corrected chi connectivity index (χ3v) is 2.21. The molecule has 0 heterocycles. The Bertz CT molecular complexity index is 385. The van der Waals surface area contributed by atoms with E-state index in [1.54, 1.807) is 12.1 Å². The molecule has 0 amide bonds. The standard InChI is InChI=1S/C10H9ClO3/c1-6-2-3-7(4-8(6)11)9(12)5-10(13)14/h2-4H,5H2,1H3,(H,13,14). The third-order valence-electron chi connectivity index (χ3n) is 1.81. The lowest BCUT2D eigenvalue weighted by molar-refractivity contribution is -0.135. The molecule has 74 valence electrons. The maximum absolute atomic E-state index is 11.3. The van der Waals surface area contributed by atoms with Gasteiger partial charge in [-0.2, -0.15) is 0 Å². The van der Waals surface area contributed by atoms with Crippen LogP contribution in [0.3, 0.4) is 0 Å². The molecule has 4 heteroatoms. The highest BCUT2D eigenvalue weighted by molar-refractivity contribution is 6.31. The smallest absolute Gasteiger partial charge is 0.311 e. The van der Waals surface area contributed by atoms with Gasteiger partial charge in [0.05, 0.1) is 0 Å². The first-order chi connectivity index (χ1) is 6.50. The van der Waals surface area contributed by atoms with Gasteiger partial charge in [-0.1, -0.05) is 23.7 Å². The van der Waals surface area contributed by atoms with Gasteiger partial charge in [-0.25, -0.2) is 0 Å². The molecule has 1 aromatic carbocycles. The number of rotatable bonds is 3. The molecule has 0 atom stereocenters. The first kappa shape index (κ1) is 10.7. The van der Waals surface area contributed by atoms with Gasteiger partial charge in [0.2, 0.25) is 0 Å². The molecule has 0 aromatic heterocycles. The number of halogens is 1. The molecule has 0 aliphatic heterocycles. The van der Waals surface area contributed by atoms with Gasteiger partial charge in [0.1, 0.15) is 6.42 Å². The molecule has 0 unspecified atom stereocenters. The lowest BCUT2D eigenvalue weighted by Crippen LogP contribution is -2.06. The van der Waals surface area contributed by atoms with Crippen molar-refractivity contribution in [2.75, 3.05) is 0 Å². The Morgan fingerprint density at radius 2 is 2.07 bits per heavy atom. The number of ketones is 1. The number of aliphatic carboxylic acids is 1. The largest absolute Gasteiger partial charge is 0.481 e. The molecular weight excluding hydrogens is 204 g/mol. The van der Waals surface area contributed by atoms with Crippen LogP contribution in [0, 0.1) is 6.92 Å². The van der Waals surface area contributed by atoms with E-state index in [9.17, 15) is 9.59 Å². The Morgan fingerprint density at radius 1 is 1.43 bits per heavy atom. The molecule has 0 aliphatic carbocycles. The Hall–Kier alpha value is -1.35. The van der Waals surface area contributed by atoms with Crippen molar-refractivity contribution in [3.8, 4) is 0 Å². The van der Waals surface area contributed by atoms with Crippen LogP contribution in [0.1, 0.15) is 22.3 Å². The molecule has 0 radical (unpaired) electrons. The van der Waals surface area contributed by atoms with Crippen LogP contribution < -0.4 is 0 Å². The van der Waals surface area contributed by atoms with E-state index in [-0.39, 0.29) is 0 Å². The summed E-state index contributed by atoms with van der Waals surface area (Å²) in [6.45, 7) is 1.81. The summed E-state index contributed by atoms with van der Waals surface area (Å²) < 4.78 is 0. The topological polar surface area (TPSA) is 54.4 Å². The highest BCUT2D eigenvalue weighted by Gasteiger charge is 2.11. The summed E-state index contributed by atoms with van der Waals surface area (Å²) in [4.78, 5) is 21.6. The Morgan fingerprint density at radius 3 is 2.57 bits per heavy atom. The van der Waals surface area contributed by atoms with Crippen LogP contribution in [-0.4, -0.2) is 16.9 Å². The van der Waals surface area contributed by atoms with E-state index in [4.69, 9.17) is 16.7 Å². The second-order valence-electron chi connectivity index (χ2n) is 2.96. The van der Waals surface area contributed by atoms with E-state index in [1.807, 2.05) is 6.92 Å². The van der Waals surface area contributed by atoms with Crippen LogP contribution in [0.15, 0.2) is 18.2 Å². The molecule has 0 spiro atoms. The molecule has 0 saturated carbocycles. The summed E-state index contributed by atoms with van der Waals surface area (Å²) in [6.07, 6.45) is -0.501. The van der Waals surface area contributed by atoms with E-state index < -0.39 is 18.2 Å². The minimum atomic E-state index is -1.13. The van der Waals surface area contributed by atoms with Crippen molar-refractivity contribution in [3.63, 3.8) is 0 Å². The quantitative estimate of drug-likeness (QED) is 0.618. The number of Topliss-reactive ketones (excluding diaryl/α,β-unsaturated/α-hetero) is 1. The fourth-order valence-electron chi connectivity index (χ4n) is 1.01. The van der Waals surface area contributed by atoms with Crippen molar-refractivity contribution in [2.45, 2.75) is 13.3 Å². The van der Waals surface area contributed by atoms with Gasteiger partial charge < -0.3 is 5.11 Å². The lowest BCUT2D eigenvalue weighted by atomic mass is 10.1. The number of carbonyl (C=O) groups excluding carboxylic acids is 1. The molecule has 1 N–H and O–H groups in total. The monoisotopic (exact) mass is 212 g/mol. The maximum atomic E-state index is 11.3.